The number of esters is 4. The number of hydrogen-bond donors (Lipinski definition) is 1. The molecule has 0 aliphatic carbocycles. The Hall–Kier alpha value is -3.97. The lowest BCUT2D eigenvalue weighted by atomic mass is 9.91. The van der Waals surface area contributed by atoms with Crippen LogP contribution in [0.3, 0.4) is 0 Å². The van der Waals surface area contributed by atoms with E-state index in [2.05, 4.69) is 15.6 Å². The molecule has 2 rings (SSSR count). The summed E-state index contributed by atoms with van der Waals surface area (Å²) in [5.41, 5.74) is 0.668. The topological polar surface area (TPSA) is 174 Å². The van der Waals surface area contributed by atoms with E-state index >= 15 is 0 Å². The van der Waals surface area contributed by atoms with Crippen molar-refractivity contribution in [3.63, 3.8) is 0 Å². The van der Waals surface area contributed by atoms with Gasteiger partial charge in [-0.15, -0.1) is 5.10 Å². The van der Waals surface area contributed by atoms with Crippen LogP contribution in [0.4, 0.5) is 0 Å². The zero-order chi connectivity index (χ0) is 28.6. The summed E-state index contributed by atoms with van der Waals surface area (Å²) in [6, 6.07) is -1.89. The summed E-state index contributed by atoms with van der Waals surface area (Å²) in [4.78, 5) is 60.4. The third-order valence-electron chi connectivity index (χ3n) is 5.30. The van der Waals surface area contributed by atoms with E-state index in [1.807, 2.05) is 13.8 Å². The molecule has 0 fully saturated rings. The van der Waals surface area contributed by atoms with Gasteiger partial charge in [-0.05, 0) is 18.4 Å². The molecule has 14 nitrogen and oxygen atoms in total. The highest BCUT2D eigenvalue weighted by Crippen LogP contribution is 2.32. The van der Waals surface area contributed by atoms with Crippen LogP contribution < -0.4 is 5.32 Å². The van der Waals surface area contributed by atoms with Gasteiger partial charge in [0, 0.05) is 33.9 Å². The van der Waals surface area contributed by atoms with Crippen molar-refractivity contribution in [3.05, 3.63) is 23.7 Å². The van der Waals surface area contributed by atoms with Crippen LogP contribution in [0.1, 0.15) is 53.3 Å². The zero-order valence-corrected chi connectivity index (χ0v) is 22.5. The Morgan fingerprint density at radius 2 is 1.71 bits per heavy atom. The molecule has 0 spiro atoms. The molecular weight excluding hydrogens is 504 g/mol. The van der Waals surface area contributed by atoms with Crippen molar-refractivity contribution in [2.45, 2.75) is 78.4 Å². The van der Waals surface area contributed by atoms with Gasteiger partial charge in [0.05, 0.1) is 24.9 Å². The van der Waals surface area contributed by atoms with Gasteiger partial charge >= 0.3 is 23.9 Å². The van der Waals surface area contributed by atoms with E-state index in [0.717, 1.165) is 27.9 Å². The van der Waals surface area contributed by atoms with Crippen LogP contribution in [0.2, 0.25) is 0 Å². The summed E-state index contributed by atoms with van der Waals surface area (Å²) >= 11 is 0. The molecule has 0 unspecified atom stereocenters. The number of nitrogens with zero attached hydrogens (tertiary/aromatic N) is 3. The standard InChI is InChI=1S/C24H34N4O10/c1-12(2)8-17-10-28(27-26-17)18-9-19(24(33)34-7)38-23(21(18)25-13(3)29)22(37-16(6)32)20(36-15(5)31)11-35-14(4)30/h9-10,12,18,20-23H,8,11H2,1-7H3,(H,25,29)/t18-,20+,21+,22+,23+/m0/s1. The van der Waals surface area contributed by atoms with Gasteiger partial charge in [-0.3, -0.25) is 19.2 Å². The van der Waals surface area contributed by atoms with Crippen molar-refractivity contribution >= 4 is 29.8 Å². The maximum absolute atomic E-state index is 12.6. The van der Waals surface area contributed by atoms with Crippen LogP contribution in [0.15, 0.2) is 18.0 Å². The molecule has 1 aliphatic heterocycles. The fourth-order valence-corrected chi connectivity index (χ4v) is 3.97. The normalized spacial score (nSPS) is 20.3. The lowest BCUT2D eigenvalue weighted by Gasteiger charge is -2.41. The third kappa shape index (κ3) is 8.56. The smallest absolute Gasteiger partial charge is 0.373 e. The van der Waals surface area contributed by atoms with Gasteiger partial charge in [0.25, 0.3) is 0 Å². The van der Waals surface area contributed by atoms with Gasteiger partial charge in [-0.1, -0.05) is 19.1 Å². The number of rotatable bonds is 11. The Morgan fingerprint density at radius 1 is 1.05 bits per heavy atom. The number of amides is 1. The highest BCUT2D eigenvalue weighted by atomic mass is 16.6. The van der Waals surface area contributed by atoms with Gasteiger partial charge in [-0.25, -0.2) is 9.48 Å². The third-order valence-corrected chi connectivity index (χ3v) is 5.30. The number of hydrogen-bond acceptors (Lipinski definition) is 12. The molecule has 5 atom stereocenters. The Balaban J connectivity index is 2.66. The van der Waals surface area contributed by atoms with E-state index in [4.69, 9.17) is 23.7 Å². The SMILES string of the molecule is COC(=O)C1=C[C@H](n2cc(CC(C)C)nn2)[C@@H](NC(C)=O)[C@H]([C@H](OC(C)=O)[C@@H](COC(C)=O)OC(C)=O)O1. The first-order valence-electron chi connectivity index (χ1n) is 11.9. The lowest BCUT2D eigenvalue weighted by Crippen LogP contribution is -2.60. The van der Waals surface area contributed by atoms with Crippen LogP contribution in [0.25, 0.3) is 0 Å². The van der Waals surface area contributed by atoms with Crippen molar-refractivity contribution in [2.75, 3.05) is 13.7 Å². The minimum atomic E-state index is -1.44. The van der Waals surface area contributed by atoms with Gasteiger partial charge < -0.3 is 29.0 Å². The summed E-state index contributed by atoms with van der Waals surface area (Å²) in [6.45, 7) is 8.18. The van der Waals surface area contributed by atoms with E-state index in [1.165, 1.54) is 17.7 Å². The van der Waals surface area contributed by atoms with Crippen molar-refractivity contribution in [2.24, 2.45) is 5.92 Å². The average Bonchev–Trinajstić information content (AvgIpc) is 3.26. The molecule has 0 aromatic carbocycles. The summed E-state index contributed by atoms with van der Waals surface area (Å²) in [5, 5.41) is 11.1. The molecule has 1 N–H and O–H groups in total. The van der Waals surface area contributed by atoms with E-state index in [-0.39, 0.29) is 11.7 Å². The second-order valence-corrected chi connectivity index (χ2v) is 9.13. The maximum atomic E-state index is 12.6. The van der Waals surface area contributed by atoms with Gasteiger partial charge in [0.1, 0.15) is 6.61 Å². The highest BCUT2D eigenvalue weighted by Gasteiger charge is 2.48. The molecule has 1 aromatic rings. The number of ether oxygens (including phenoxy) is 5. The minimum absolute atomic E-state index is 0.267. The first-order chi connectivity index (χ1) is 17.8. The van der Waals surface area contributed by atoms with E-state index in [1.54, 1.807) is 6.20 Å². The van der Waals surface area contributed by atoms with E-state index < -0.39 is 66.8 Å². The predicted octanol–water partition coefficient (Wildman–Crippen LogP) is 0.405. The van der Waals surface area contributed by atoms with Crippen molar-refractivity contribution < 1.29 is 47.7 Å². The number of methoxy groups -OCH3 is 1. The molecule has 1 aromatic heterocycles. The molecule has 2 heterocycles. The van der Waals surface area contributed by atoms with E-state index in [9.17, 15) is 24.0 Å². The molecule has 0 bridgehead atoms. The number of aromatic nitrogens is 3. The Kier molecular flexibility index (Phi) is 10.8. The second kappa shape index (κ2) is 13.5. The lowest BCUT2D eigenvalue weighted by molar-refractivity contribution is -0.188. The highest BCUT2D eigenvalue weighted by molar-refractivity contribution is 5.86. The van der Waals surface area contributed by atoms with Crippen LogP contribution >= 0.6 is 0 Å². The monoisotopic (exact) mass is 538 g/mol. The Bertz CT molecular complexity index is 1070. The molecule has 1 aliphatic rings. The van der Waals surface area contributed by atoms with E-state index in [0.29, 0.717) is 12.1 Å². The first-order valence-corrected chi connectivity index (χ1v) is 11.9. The average molecular weight is 539 g/mol. The fourth-order valence-electron chi connectivity index (χ4n) is 3.97. The largest absolute Gasteiger partial charge is 0.477 e. The Morgan fingerprint density at radius 3 is 2.24 bits per heavy atom. The van der Waals surface area contributed by atoms with Crippen molar-refractivity contribution in [1.82, 2.24) is 20.3 Å². The van der Waals surface area contributed by atoms with Crippen molar-refractivity contribution in [1.29, 1.82) is 0 Å². The van der Waals surface area contributed by atoms with Crippen molar-refractivity contribution in [3.8, 4) is 0 Å². The number of carbonyl (C=O) groups excluding carboxylic acids is 5. The molecule has 210 valence electrons. The number of carbonyl (C=O) groups is 5. The minimum Gasteiger partial charge on any atom is -0.477 e. The summed E-state index contributed by atoms with van der Waals surface area (Å²) in [6.07, 6.45) is -0.443. The van der Waals surface area contributed by atoms with Gasteiger partial charge in [0.2, 0.25) is 11.7 Å². The van der Waals surface area contributed by atoms with Crippen LogP contribution in [-0.4, -0.2) is 82.8 Å². The summed E-state index contributed by atoms with van der Waals surface area (Å²) in [5.74, 6) is -3.54. The van der Waals surface area contributed by atoms with Crippen LogP contribution in [0, 0.1) is 5.92 Å². The molecule has 38 heavy (non-hydrogen) atoms. The number of nitrogens with one attached hydrogen (secondary N) is 1. The molecule has 0 saturated heterocycles. The molecule has 1 amide bonds. The maximum Gasteiger partial charge on any atom is 0.373 e. The molecule has 0 saturated carbocycles. The van der Waals surface area contributed by atoms with Gasteiger partial charge in [-0.2, -0.15) is 0 Å². The molecular formula is C24H34N4O10. The molecule has 0 radical (unpaired) electrons. The summed E-state index contributed by atoms with van der Waals surface area (Å²) in [7, 11) is 1.15. The van der Waals surface area contributed by atoms with Crippen LogP contribution in [-0.2, 0) is 54.1 Å². The zero-order valence-electron chi connectivity index (χ0n) is 22.5. The van der Waals surface area contributed by atoms with Crippen LogP contribution in [0.5, 0.6) is 0 Å². The first kappa shape index (κ1) is 30.3. The summed E-state index contributed by atoms with van der Waals surface area (Å²) < 4.78 is 28.0. The quantitative estimate of drug-likeness (QED) is 0.304. The second-order valence-electron chi connectivity index (χ2n) is 9.13. The Labute approximate surface area is 219 Å². The fraction of sp³-hybridized carbons (Fsp3) is 0.625. The predicted molar refractivity (Wildman–Crippen MR) is 128 cm³/mol. The van der Waals surface area contributed by atoms with Gasteiger partial charge in [0.15, 0.2) is 18.3 Å². The molecule has 14 heteroatoms.